The number of hydrogen-bond acceptors (Lipinski definition) is 3. The minimum Gasteiger partial charge on any atom is -0.344 e. The lowest BCUT2D eigenvalue weighted by Gasteiger charge is -2.08. The molecule has 2 N–H and O–H groups in total. The molecule has 8 heteroatoms. The van der Waals surface area contributed by atoms with Crippen molar-refractivity contribution >= 4 is 17.5 Å². The van der Waals surface area contributed by atoms with Gasteiger partial charge in [0.1, 0.15) is 11.6 Å². The summed E-state index contributed by atoms with van der Waals surface area (Å²) in [5.41, 5.74) is 2.23. The van der Waals surface area contributed by atoms with Gasteiger partial charge in [0, 0.05) is 30.4 Å². The van der Waals surface area contributed by atoms with Crippen molar-refractivity contribution in [2.75, 3.05) is 5.32 Å². The van der Waals surface area contributed by atoms with Crippen molar-refractivity contribution < 1.29 is 18.4 Å². The van der Waals surface area contributed by atoms with Crippen LogP contribution in [0.3, 0.4) is 0 Å². The van der Waals surface area contributed by atoms with Crippen molar-refractivity contribution in [2.24, 2.45) is 0 Å². The molecule has 0 aliphatic rings. The van der Waals surface area contributed by atoms with E-state index >= 15 is 0 Å². The molecular weight excluding hydrogens is 318 g/mol. The highest BCUT2D eigenvalue weighted by Gasteiger charge is 2.17. The molecule has 0 unspecified atom stereocenters. The zero-order valence-electron chi connectivity index (χ0n) is 13.6. The van der Waals surface area contributed by atoms with Gasteiger partial charge in [-0.1, -0.05) is 0 Å². The Kier molecular flexibility index (Phi) is 5.28. The molecule has 6 nitrogen and oxygen atoms in total. The molecule has 0 aliphatic heterocycles. The second-order valence-corrected chi connectivity index (χ2v) is 5.23. The van der Waals surface area contributed by atoms with E-state index in [2.05, 4.69) is 15.7 Å². The molecule has 0 radical (unpaired) electrons. The van der Waals surface area contributed by atoms with Gasteiger partial charge in [-0.2, -0.15) is 5.10 Å². The monoisotopic (exact) mass is 336 g/mol. The first-order valence-corrected chi connectivity index (χ1v) is 7.40. The smallest absolute Gasteiger partial charge is 0.313 e. The molecule has 1 aromatic heterocycles. The molecule has 24 heavy (non-hydrogen) atoms. The van der Waals surface area contributed by atoms with E-state index in [1.54, 1.807) is 4.68 Å². The predicted molar refractivity (Wildman–Crippen MR) is 84.2 cm³/mol. The van der Waals surface area contributed by atoms with E-state index in [1.807, 2.05) is 20.8 Å². The maximum absolute atomic E-state index is 13.5. The van der Waals surface area contributed by atoms with Crippen LogP contribution in [-0.4, -0.2) is 21.6 Å². The van der Waals surface area contributed by atoms with Gasteiger partial charge in [0.2, 0.25) is 0 Å². The third kappa shape index (κ3) is 3.76. The largest absolute Gasteiger partial charge is 0.344 e. The number of benzene rings is 1. The van der Waals surface area contributed by atoms with E-state index < -0.39 is 23.4 Å². The molecule has 0 aliphatic carbocycles. The number of carbonyl (C=O) groups is 2. The second-order valence-electron chi connectivity index (χ2n) is 5.23. The van der Waals surface area contributed by atoms with Crippen molar-refractivity contribution in [3.8, 4) is 0 Å². The number of aryl methyl sites for hydroxylation is 2. The summed E-state index contributed by atoms with van der Waals surface area (Å²) in [6.45, 7) is 6.47. The number of aromatic nitrogens is 2. The Morgan fingerprint density at radius 2 is 1.92 bits per heavy atom. The van der Waals surface area contributed by atoms with Crippen LogP contribution in [0.2, 0.25) is 0 Å². The maximum Gasteiger partial charge on any atom is 0.313 e. The van der Waals surface area contributed by atoms with Crippen molar-refractivity contribution in [1.82, 2.24) is 15.1 Å². The van der Waals surface area contributed by atoms with E-state index in [1.165, 1.54) is 0 Å². The molecular formula is C16H18F2N4O2. The molecule has 0 saturated carbocycles. The molecule has 0 atom stereocenters. The average molecular weight is 336 g/mol. The van der Waals surface area contributed by atoms with E-state index in [0.29, 0.717) is 12.6 Å². The Hall–Kier alpha value is -2.77. The van der Waals surface area contributed by atoms with Crippen LogP contribution < -0.4 is 10.6 Å². The summed E-state index contributed by atoms with van der Waals surface area (Å²) in [7, 11) is 0. The Labute approximate surface area is 137 Å². The predicted octanol–water partition coefficient (Wildman–Crippen LogP) is 2.05. The average Bonchev–Trinajstić information content (AvgIpc) is 2.81. The number of nitrogens with one attached hydrogen (secondary N) is 2. The third-order valence-electron chi connectivity index (χ3n) is 3.64. The molecule has 0 saturated heterocycles. The lowest BCUT2D eigenvalue weighted by atomic mass is 10.2. The Morgan fingerprint density at radius 3 is 2.50 bits per heavy atom. The molecule has 1 aromatic carbocycles. The van der Waals surface area contributed by atoms with Crippen molar-refractivity contribution in [2.45, 2.75) is 33.9 Å². The molecule has 1 heterocycles. The summed E-state index contributed by atoms with van der Waals surface area (Å²) in [4.78, 5) is 23.6. The zero-order valence-corrected chi connectivity index (χ0v) is 13.6. The first-order valence-electron chi connectivity index (χ1n) is 7.40. The summed E-state index contributed by atoms with van der Waals surface area (Å²) in [5, 5.41) is 8.89. The molecule has 2 rings (SSSR count). The lowest BCUT2D eigenvalue weighted by molar-refractivity contribution is -0.136. The van der Waals surface area contributed by atoms with Crippen LogP contribution in [0.5, 0.6) is 0 Å². The van der Waals surface area contributed by atoms with Crippen molar-refractivity contribution in [3.63, 3.8) is 0 Å². The Balaban J connectivity index is 2.00. The number of anilines is 1. The van der Waals surface area contributed by atoms with Gasteiger partial charge in [0.25, 0.3) is 0 Å². The number of carbonyl (C=O) groups excluding carboxylic acids is 2. The number of nitrogens with zero attached hydrogens (tertiary/aromatic N) is 2. The fourth-order valence-corrected chi connectivity index (χ4v) is 2.32. The molecule has 2 amide bonds. The van der Waals surface area contributed by atoms with Gasteiger partial charge in [-0.15, -0.1) is 0 Å². The van der Waals surface area contributed by atoms with Gasteiger partial charge in [0.15, 0.2) is 0 Å². The summed E-state index contributed by atoms with van der Waals surface area (Å²) in [5.74, 6) is -3.67. The van der Waals surface area contributed by atoms with Gasteiger partial charge in [0.05, 0.1) is 11.4 Å². The first kappa shape index (κ1) is 17.6. The maximum atomic E-state index is 13.5. The Bertz CT molecular complexity index is 787. The second kappa shape index (κ2) is 7.20. The fraction of sp³-hybridized carbons (Fsp3) is 0.312. The summed E-state index contributed by atoms with van der Waals surface area (Å²) in [6.07, 6.45) is 0. The SMILES string of the molecule is CCn1nc(C)c(CNC(=O)C(=O)Nc2ccc(F)cc2F)c1C. The van der Waals surface area contributed by atoms with Crippen LogP contribution in [-0.2, 0) is 22.7 Å². The number of rotatable bonds is 4. The summed E-state index contributed by atoms with van der Waals surface area (Å²) >= 11 is 0. The minimum absolute atomic E-state index is 0.135. The zero-order chi connectivity index (χ0) is 17.9. The first-order chi connectivity index (χ1) is 11.3. The number of amides is 2. The highest BCUT2D eigenvalue weighted by Crippen LogP contribution is 2.15. The number of hydrogen-bond donors (Lipinski definition) is 2. The molecule has 2 aromatic rings. The standard InChI is InChI=1S/C16H18F2N4O2/c1-4-22-10(3)12(9(2)21-22)8-19-15(23)16(24)20-14-6-5-11(17)7-13(14)18/h5-7H,4,8H2,1-3H3,(H,19,23)(H,20,24). The summed E-state index contributed by atoms with van der Waals surface area (Å²) in [6, 6.07) is 2.66. The van der Waals surface area contributed by atoms with Gasteiger partial charge in [-0.05, 0) is 32.9 Å². The van der Waals surface area contributed by atoms with Crippen LogP contribution in [0.1, 0.15) is 23.9 Å². The van der Waals surface area contributed by atoms with Crippen LogP contribution in [0.4, 0.5) is 14.5 Å². The van der Waals surface area contributed by atoms with E-state index in [4.69, 9.17) is 0 Å². The molecule has 0 bridgehead atoms. The van der Waals surface area contributed by atoms with Crippen LogP contribution in [0, 0.1) is 25.5 Å². The van der Waals surface area contributed by atoms with E-state index in [0.717, 1.165) is 29.1 Å². The van der Waals surface area contributed by atoms with Crippen molar-refractivity contribution in [3.05, 3.63) is 46.8 Å². The van der Waals surface area contributed by atoms with E-state index in [-0.39, 0.29) is 12.2 Å². The molecule has 128 valence electrons. The quantitative estimate of drug-likeness (QED) is 0.839. The topological polar surface area (TPSA) is 76.0 Å². The van der Waals surface area contributed by atoms with Crippen LogP contribution >= 0.6 is 0 Å². The van der Waals surface area contributed by atoms with Gasteiger partial charge in [-0.3, -0.25) is 14.3 Å². The van der Waals surface area contributed by atoms with Gasteiger partial charge >= 0.3 is 11.8 Å². The normalized spacial score (nSPS) is 10.5. The van der Waals surface area contributed by atoms with Crippen LogP contribution in [0.25, 0.3) is 0 Å². The minimum atomic E-state index is -1.03. The van der Waals surface area contributed by atoms with Crippen molar-refractivity contribution in [1.29, 1.82) is 0 Å². The highest BCUT2D eigenvalue weighted by molar-refractivity contribution is 6.39. The van der Waals surface area contributed by atoms with Crippen LogP contribution in [0.15, 0.2) is 18.2 Å². The van der Waals surface area contributed by atoms with Gasteiger partial charge in [-0.25, -0.2) is 8.78 Å². The molecule has 0 fully saturated rings. The van der Waals surface area contributed by atoms with Gasteiger partial charge < -0.3 is 10.6 Å². The fourth-order valence-electron chi connectivity index (χ4n) is 2.32. The lowest BCUT2D eigenvalue weighted by Crippen LogP contribution is -2.35. The highest BCUT2D eigenvalue weighted by atomic mass is 19.1. The third-order valence-corrected chi connectivity index (χ3v) is 3.64. The van der Waals surface area contributed by atoms with E-state index in [9.17, 15) is 18.4 Å². The number of halogens is 2. The Morgan fingerprint density at radius 1 is 1.21 bits per heavy atom. The molecule has 0 spiro atoms. The summed E-state index contributed by atoms with van der Waals surface area (Å²) < 4.78 is 28.1.